The molecule has 0 fully saturated rings. The number of esters is 1. The Morgan fingerprint density at radius 1 is 1.40 bits per heavy atom. The number of aromatic nitrogens is 2. The molecule has 1 aromatic carbocycles. The third kappa shape index (κ3) is 3.03. The third-order valence-electron chi connectivity index (χ3n) is 3.00. The number of carbonyl (C=O) groups is 1. The normalized spacial score (nSPS) is 12.6. The first kappa shape index (κ1) is 14.2. The number of para-hydroxylation sites is 1. The summed E-state index contributed by atoms with van der Waals surface area (Å²) in [5.41, 5.74) is 5.99. The Hall–Kier alpha value is -2.21. The van der Waals surface area contributed by atoms with E-state index in [4.69, 9.17) is 10.5 Å². The van der Waals surface area contributed by atoms with Crippen molar-refractivity contribution in [1.29, 1.82) is 0 Å². The van der Waals surface area contributed by atoms with Crippen molar-refractivity contribution in [3.63, 3.8) is 0 Å². The van der Waals surface area contributed by atoms with Crippen LogP contribution in [0.3, 0.4) is 0 Å². The van der Waals surface area contributed by atoms with Gasteiger partial charge in [-0.2, -0.15) is 0 Å². The Balaban J connectivity index is 2.15. The molecule has 1 heterocycles. The fourth-order valence-electron chi connectivity index (χ4n) is 1.71. The molecule has 6 heteroatoms. The SMILES string of the molecule is CC(C)[C@H](N)C(=O)OCc1nc2ccccc2c(=O)[nH]1. The van der Waals surface area contributed by atoms with Crippen molar-refractivity contribution in [3.8, 4) is 0 Å². The summed E-state index contributed by atoms with van der Waals surface area (Å²) in [7, 11) is 0. The summed E-state index contributed by atoms with van der Waals surface area (Å²) < 4.78 is 5.06. The standard InChI is InChI=1S/C14H17N3O3/c1-8(2)12(15)14(19)20-7-11-16-10-6-4-3-5-9(10)13(18)17-11/h3-6,8,12H,7,15H2,1-2H3,(H,16,17,18)/t12-/m0/s1. The van der Waals surface area contributed by atoms with Crippen LogP contribution in [0.15, 0.2) is 29.1 Å². The number of nitrogens with two attached hydrogens (primary N) is 1. The van der Waals surface area contributed by atoms with Gasteiger partial charge in [-0.3, -0.25) is 9.59 Å². The number of hydrogen-bond donors (Lipinski definition) is 2. The van der Waals surface area contributed by atoms with Crippen molar-refractivity contribution in [2.24, 2.45) is 11.7 Å². The van der Waals surface area contributed by atoms with E-state index in [1.165, 1.54) is 0 Å². The monoisotopic (exact) mass is 275 g/mol. The highest BCUT2D eigenvalue weighted by atomic mass is 16.5. The zero-order valence-electron chi connectivity index (χ0n) is 11.4. The lowest BCUT2D eigenvalue weighted by Crippen LogP contribution is -2.37. The lowest BCUT2D eigenvalue weighted by Gasteiger charge is -2.14. The Labute approximate surface area is 116 Å². The first-order valence-corrected chi connectivity index (χ1v) is 6.39. The molecule has 0 spiro atoms. The van der Waals surface area contributed by atoms with E-state index in [0.717, 1.165) is 0 Å². The van der Waals surface area contributed by atoms with Crippen LogP contribution in [-0.4, -0.2) is 22.0 Å². The Bertz CT molecular complexity index is 679. The second kappa shape index (κ2) is 5.83. The Kier molecular flexibility index (Phi) is 4.14. The van der Waals surface area contributed by atoms with Crippen molar-refractivity contribution >= 4 is 16.9 Å². The second-order valence-electron chi connectivity index (χ2n) is 4.91. The lowest BCUT2D eigenvalue weighted by atomic mass is 10.1. The van der Waals surface area contributed by atoms with Crippen LogP contribution >= 0.6 is 0 Å². The van der Waals surface area contributed by atoms with Crippen LogP contribution < -0.4 is 11.3 Å². The van der Waals surface area contributed by atoms with Crippen LogP contribution in [0, 0.1) is 5.92 Å². The van der Waals surface area contributed by atoms with E-state index in [2.05, 4.69) is 9.97 Å². The second-order valence-corrected chi connectivity index (χ2v) is 4.91. The fraction of sp³-hybridized carbons (Fsp3) is 0.357. The van der Waals surface area contributed by atoms with E-state index >= 15 is 0 Å². The molecule has 0 saturated carbocycles. The zero-order valence-corrected chi connectivity index (χ0v) is 11.4. The molecular weight excluding hydrogens is 258 g/mol. The summed E-state index contributed by atoms with van der Waals surface area (Å²) in [6, 6.07) is 6.29. The van der Waals surface area contributed by atoms with Crippen LogP contribution in [0.4, 0.5) is 0 Å². The van der Waals surface area contributed by atoms with E-state index < -0.39 is 12.0 Å². The number of nitrogens with one attached hydrogen (secondary N) is 1. The fourth-order valence-corrected chi connectivity index (χ4v) is 1.71. The van der Waals surface area contributed by atoms with Crippen molar-refractivity contribution in [1.82, 2.24) is 9.97 Å². The number of H-pyrrole nitrogens is 1. The maximum atomic E-state index is 11.8. The van der Waals surface area contributed by atoms with E-state index in [-0.39, 0.29) is 18.1 Å². The highest BCUT2D eigenvalue weighted by molar-refractivity contribution is 5.77. The highest BCUT2D eigenvalue weighted by Crippen LogP contribution is 2.07. The quantitative estimate of drug-likeness (QED) is 0.809. The average Bonchev–Trinajstić information content (AvgIpc) is 2.44. The minimum atomic E-state index is -0.679. The van der Waals surface area contributed by atoms with Crippen LogP contribution in [0.1, 0.15) is 19.7 Å². The average molecular weight is 275 g/mol. The molecule has 0 unspecified atom stereocenters. The van der Waals surface area contributed by atoms with Crippen LogP contribution in [0.5, 0.6) is 0 Å². The largest absolute Gasteiger partial charge is 0.456 e. The van der Waals surface area contributed by atoms with Crippen molar-refractivity contribution in [2.45, 2.75) is 26.5 Å². The molecule has 0 aliphatic heterocycles. The highest BCUT2D eigenvalue weighted by Gasteiger charge is 2.19. The Morgan fingerprint density at radius 3 is 2.80 bits per heavy atom. The van der Waals surface area contributed by atoms with Gasteiger partial charge in [-0.15, -0.1) is 0 Å². The van der Waals surface area contributed by atoms with E-state index in [1.807, 2.05) is 13.8 Å². The zero-order chi connectivity index (χ0) is 14.7. The van der Waals surface area contributed by atoms with Gasteiger partial charge in [0.2, 0.25) is 0 Å². The molecule has 0 saturated heterocycles. The molecule has 6 nitrogen and oxygen atoms in total. The summed E-state index contributed by atoms with van der Waals surface area (Å²) in [6.45, 7) is 3.57. The molecule has 0 aliphatic carbocycles. The summed E-state index contributed by atoms with van der Waals surface area (Å²) in [5.74, 6) is -0.208. The minimum Gasteiger partial charge on any atom is -0.456 e. The van der Waals surface area contributed by atoms with Gasteiger partial charge < -0.3 is 15.5 Å². The topological polar surface area (TPSA) is 98.1 Å². The number of nitrogens with zero attached hydrogens (tertiary/aromatic N) is 1. The maximum Gasteiger partial charge on any atom is 0.323 e. The molecular formula is C14H17N3O3. The number of fused-ring (bicyclic) bond motifs is 1. The summed E-state index contributed by atoms with van der Waals surface area (Å²) in [6.07, 6.45) is 0. The van der Waals surface area contributed by atoms with Gasteiger partial charge >= 0.3 is 5.97 Å². The number of benzene rings is 1. The predicted octanol–water partition coefficient (Wildman–Crippen LogP) is 0.950. The Morgan fingerprint density at radius 2 is 2.10 bits per heavy atom. The van der Waals surface area contributed by atoms with Gasteiger partial charge in [0.05, 0.1) is 10.9 Å². The molecule has 0 bridgehead atoms. The number of carbonyl (C=O) groups excluding carboxylic acids is 1. The first-order chi connectivity index (χ1) is 9.49. The van der Waals surface area contributed by atoms with Crippen molar-refractivity contribution in [2.75, 3.05) is 0 Å². The van der Waals surface area contributed by atoms with Gasteiger partial charge in [0.1, 0.15) is 18.5 Å². The third-order valence-corrected chi connectivity index (χ3v) is 3.00. The molecule has 106 valence electrons. The smallest absolute Gasteiger partial charge is 0.323 e. The lowest BCUT2D eigenvalue weighted by molar-refractivity contribution is -0.147. The number of aromatic amines is 1. The maximum absolute atomic E-state index is 11.8. The van der Waals surface area contributed by atoms with E-state index in [0.29, 0.717) is 16.7 Å². The van der Waals surface area contributed by atoms with Gasteiger partial charge in [0.25, 0.3) is 5.56 Å². The summed E-state index contributed by atoms with van der Waals surface area (Å²) in [5, 5.41) is 0.501. The minimum absolute atomic E-state index is 0.00823. The first-order valence-electron chi connectivity index (χ1n) is 6.39. The van der Waals surface area contributed by atoms with E-state index in [1.54, 1.807) is 24.3 Å². The molecule has 1 aromatic heterocycles. The van der Waals surface area contributed by atoms with Gasteiger partial charge in [-0.25, -0.2) is 4.98 Å². The molecule has 0 amide bonds. The van der Waals surface area contributed by atoms with Crippen LogP contribution in [0.2, 0.25) is 0 Å². The van der Waals surface area contributed by atoms with Crippen molar-refractivity contribution < 1.29 is 9.53 Å². The summed E-state index contributed by atoms with van der Waals surface area (Å²) in [4.78, 5) is 30.3. The predicted molar refractivity (Wildman–Crippen MR) is 75.0 cm³/mol. The molecule has 1 atom stereocenters. The van der Waals surface area contributed by atoms with Crippen molar-refractivity contribution in [3.05, 3.63) is 40.4 Å². The molecule has 2 rings (SSSR count). The molecule has 0 radical (unpaired) electrons. The molecule has 2 aromatic rings. The van der Waals surface area contributed by atoms with Gasteiger partial charge in [-0.05, 0) is 18.1 Å². The van der Waals surface area contributed by atoms with E-state index in [9.17, 15) is 9.59 Å². The van der Waals surface area contributed by atoms with Gasteiger partial charge in [0.15, 0.2) is 0 Å². The molecule has 0 aliphatic rings. The number of rotatable bonds is 4. The van der Waals surface area contributed by atoms with Crippen LogP contribution in [-0.2, 0) is 16.1 Å². The summed E-state index contributed by atoms with van der Waals surface area (Å²) >= 11 is 0. The van der Waals surface area contributed by atoms with Gasteiger partial charge in [-0.1, -0.05) is 26.0 Å². The number of hydrogen-bond acceptors (Lipinski definition) is 5. The molecule has 3 N–H and O–H groups in total. The van der Waals surface area contributed by atoms with Gasteiger partial charge in [0, 0.05) is 0 Å². The number of ether oxygens (including phenoxy) is 1. The van der Waals surface area contributed by atoms with Crippen LogP contribution in [0.25, 0.3) is 10.9 Å². The molecule has 20 heavy (non-hydrogen) atoms.